The molecule has 0 amide bonds. The third kappa shape index (κ3) is 4.18. The van der Waals surface area contributed by atoms with Crippen LogP contribution in [0.25, 0.3) is 0 Å². The number of halogens is 6. The van der Waals surface area contributed by atoms with E-state index in [2.05, 4.69) is 14.9 Å². The lowest BCUT2D eigenvalue weighted by Gasteiger charge is -2.19. The number of primary sulfonamides is 1. The van der Waals surface area contributed by atoms with Gasteiger partial charge in [-0.2, -0.15) is 13.2 Å². The van der Waals surface area contributed by atoms with E-state index in [1.165, 1.54) is 0 Å². The molecule has 0 aliphatic rings. The summed E-state index contributed by atoms with van der Waals surface area (Å²) in [4.78, 5) is 1.51. The van der Waals surface area contributed by atoms with Crippen molar-refractivity contribution in [3.8, 4) is 5.75 Å². The normalized spacial score (nSPS) is 13.3. The first kappa shape index (κ1) is 17.5. The van der Waals surface area contributed by atoms with Gasteiger partial charge in [0.2, 0.25) is 10.0 Å². The van der Waals surface area contributed by atoms with Crippen LogP contribution in [0.15, 0.2) is 11.1 Å². The fourth-order valence-corrected chi connectivity index (χ4v) is 2.25. The number of pyridine rings is 1. The highest BCUT2D eigenvalue weighted by atomic mass is 32.2. The Hall–Kier alpha value is -1.60. The number of sulfonamides is 1. The highest BCUT2D eigenvalue weighted by Gasteiger charge is 2.43. The van der Waals surface area contributed by atoms with E-state index in [4.69, 9.17) is 5.73 Å². The van der Waals surface area contributed by atoms with Crippen LogP contribution in [-0.2, 0) is 22.7 Å². The second-order valence-electron chi connectivity index (χ2n) is 3.57. The van der Waals surface area contributed by atoms with Gasteiger partial charge in [0.15, 0.2) is 5.75 Å². The van der Waals surface area contributed by atoms with Crippen LogP contribution in [0.1, 0.15) is 11.3 Å². The molecule has 13 heteroatoms. The third-order valence-electron chi connectivity index (χ3n) is 2.06. The van der Waals surface area contributed by atoms with Gasteiger partial charge in [0.05, 0.1) is 5.69 Å². The minimum atomic E-state index is -5.58. The summed E-state index contributed by atoms with van der Waals surface area (Å²) in [6.07, 6.45) is -10.9. The van der Waals surface area contributed by atoms with E-state index in [1.807, 2.05) is 0 Å². The number of nitrogens with two attached hydrogens (primary N) is 2. The molecule has 1 heterocycles. The van der Waals surface area contributed by atoms with Crippen molar-refractivity contribution in [1.82, 2.24) is 4.98 Å². The van der Waals surface area contributed by atoms with Gasteiger partial charge in [-0.25, -0.2) is 13.6 Å². The molecular weight excluding hydrogens is 332 g/mol. The lowest BCUT2D eigenvalue weighted by atomic mass is 10.2. The number of rotatable bonds is 3. The lowest BCUT2D eigenvalue weighted by Crippen LogP contribution is -2.26. The monoisotopic (exact) mass is 339 g/mol. The van der Waals surface area contributed by atoms with Gasteiger partial charge >= 0.3 is 12.5 Å². The quantitative estimate of drug-likeness (QED) is 0.802. The van der Waals surface area contributed by atoms with E-state index in [-0.39, 0.29) is 6.20 Å². The van der Waals surface area contributed by atoms with Crippen molar-refractivity contribution in [2.24, 2.45) is 10.9 Å². The SMILES string of the molecule is NCc1ncc(C(F)(F)F)c(OC(F)(F)F)c1S(N)(=O)=O. The second-order valence-corrected chi connectivity index (χ2v) is 5.07. The molecular formula is C8H7F6N3O3S. The number of ether oxygens (including phenoxy) is 1. The number of alkyl halides is 6. The summed E-state index contributed by atoms with van der Waals surface area (Å²) in [6, 6.07) is 0. The minimum absolute atomic E-state index is 0.0159. The Morgan fingerprint density at radius 1 is 1.19 bits per heavy atom. The molecule has 0 aliphatic carbocycles. The Balaban J connectivity index is 3.80. The van der Waals surface area contributed by atoms with E-state index in [9.17, 15) is 34.8 Å². The summed E-state index contributed by atoms with van der Waals surface area (Å²) in [5, 5.41) is 4.63. The predicted molar refractivity (Wildman–Crippen MR) is 55.2 cm³/mol. The van der Waals surface area contributed by atoms with Crippen molar-refractivity contribution in [1.29, 1.82) is 0 Å². The maximum Gasteiger partial charge on any atom is 0.573 e. The molecule has 0 aromatic carbocycles. The molecule has 6 nitrogen and oxygen atoms in total. The number of nitrogens with zero attached hydrogens (tertiary/aromatic N) is 1. The second kappa shape index (κ2) is 5.31. The van der Waals surface area contributed by atoms with Gasteiger partial charge in [-0.15, -0.1) is 13.2 Å². The van der Waals surface area contributed by atoms with Crippen LogP contribution < -0.4 is 15.6 Å². The molecule has 0 aliphatic heterocycles. The average Bonchev–Trinajstić information content (AvgIpc) is 2.22. The summed E-state index contributed by atoms with van der Waals surface area (Å²) in [5.41, 5.74) is 2.21. The standard InChI is InChI=1S/C8H7F6N3O3S/c9-7(10,11)3-2-17-4(1-15)6(21(16,18)19)5(3)20-8(12,13)14/h2H,1,15H2,(H2,16,18,19). The highest BCUT2D eigenvalue weighted by molar-refractivity contribution is 7.89. The van der Waals surface area contributed by atoms with E-state index < -0.39 is 51.0 Å². The smallest absolute Gasteiger partial charge is 0.404 e. The van der Waals surface area contributed by atoms with Gasteiger partial charge in [-0.3, -0.25) is 4.98 Å². The molecule has 0 spiro atoms. The average molecular weight is 339 g/mol. The first-order valence-electron chi connectivity index (χ1n) is 4.85. The van der Waals surface area contributed by atoms with Gasteiger partial charge in [-0.1, -0.05) is 0 Å². The lowest BCUT2D eigenvalue weighted by molar-refractivity contribution is -0.277. The van der Waals surface area contributed by atoms with Gasteiger partial charge in [0.25, 0.3) is 0 Å². The first-order valence-corrected chi connectivity index (χ1v) is 6.39. The van der Waals surface area contributed by atoms with E-state index in [0.717, 1.165) is 0 Å². The Kier molecular flexibility index (Phi) is 4.41. The van der Waals surface area contributed by atoms with E-state index in [0.29, 0.717) is 0 Å². The zero-order valence-electron chi connectivity index (χ0n) is 9.79. The summed E-state index contributed by atoms with van der Waals surface area (Å²) in [7, 11) is -5.00. The molecule has 1 rings (SSSR count). The fourth-order valence-electron chi connectivity index (χ4n) is 1.37. The Morgan fingerprint density at radius 2 is 1.71 bits per heavy atom. The minimum Gasteiger partial charge on any atom is -0.404 e. The van der Waals surface area contributed by atoms with Crippen molar-refractivity contribution >= 4 is 10.0 Å². The van der Waals surface area contributed by atoms with E-state index in [1.54, 1.807) is 0 Å². The van der Waals surface area contributed by atoms with Crippen molar-refractivity contribution in [2.75, 3.05) is 0 Å². The third-order valence-corrected chi connectivity index (χ3v) is 3.05. The largest absolute Gasteiger partial charge is 0.573 e. The van der Waals surface area contributed by atoms with Crippen LogP contribution in [0.5, 0.6) is 5.75 Å². The maximum absolute atomic E-state index is 12.7. The molecule has 0 atom stereocenters. The fraction of sp³-hybridized carbons (Fsp3) is 0.375. The zero-order chi connectivity index (χ0) is 16.6. The van der Waals surface area contributed by atoms with Crippen LogP contribution in [-0.4, -0.2) is 19.8 Å². The van der Waals surface area contributed by atoms with Crippen LogP contribution in [0.2, 0.25) is 0 Å². The van der Waals surface area contributed by atoms with Gasteiger partial charge in [0, 0.05) is 12.7 Å². The molecule has 0 fully saturated rings. The molecule has 120 valence electrons. The van der Waals surface area contributed by atoms with E-state index >= 15 is 0 Å². The zero-order valence-corrected chi connectivity index (χ0v) is 10.6. The summed E-state index contributed by atoms with van der Waals surface area (Å²) >= 11 is 0. The molecule has 0 unspecified atom stereocenters. The van der Waals surface area contributed by atoms with Crippen molar-refractivity contribution < 1.29 is 39.5 Å². The highest BCUT2D eigenvalue weighted by Crippen LogP contribution is 2.42. The van der Waals surface area contributed by atoms with Gasteiger partial charge in [0.1, 0.15) is 10.5 Å². The van der Waals surface area contributed by atoms with Crippen LogP contribution in [0.4, 0.5) is 26.3 Å². The van der Waals surface area contributed by atoms with Gasteiger partial charge < -0.3 is 10.5 Å². The van der Waals surface area contributed by atoms with Crippen molar-refractivity contribution in [3.05, 3.63) is 17.5 Å². The van der Waals surface area contributed by atoms with Crippen LogP contribution in [0.3, 0.4) is 0 Å². The summed E-state index contributed by atoms with van der Waals surface area (Å²) < 4.78 is 100. The maximum atomic E-state index is 12.7. The van der Waals surface area contributed by atoms with Crippen LogP contribution in [0, 0.1) is 0 Å². The molecule has 1 aromatic heterocycles. The predicted octanol–water partition coefficient (Wildman–Crippen LogP) is 1.11. The summed E-state index contributed by atoms with van der Waals surface area (Å²) in [5.74, 6) is -2.01. The molecule has 21 heavy (non-hydrogen) atoms. The number of hydrogen-bond donors (Lipinski definition) is 2. The van der Waals surface area contributed by atoms with Crippen molar-refractivity contribution in [2.45, 2.75) is 24.0 Å². The molecule has 0 radical (unpaired) electrons. The number of aromatic nitrogens is 1. The Labute approximate surface area is 113 Å². The summed E-state index contributed by atoms with van der Waals surface area (Å²) in [6.45, 7) is -0.766. The molecule has 4 N–H and O–H groups in total. The number of hydrogen-bond acceptors (Lipinski definition) is 5. The molecule has 1 aromatic rings. The Bertz CT molecular complexity index is 640. The van der Waals surface area contributed by atoms with Crippen LogP contribution >= 0.6 is 0 Å². The first-order chi connectivity index (χ1) is 9.27. The molecule has 0 bridgehead atoms. The van der Waals surface area contributed by atoms with Gasteiger partial charge in [-0.05, 0) is 0 Å². The van der Waals surface area contributed by atoms with Crippen molar-refractivity contribution in [3.63, 3.8) is 0 Å². The molecule has 0 saturated carbocycles. The Morgan fingerprint density at radius 3 is 2.05 bits per heavy atom. The topological polar surface area (TPSA) is 108 Å². The molecule has 0 saturated heterocycles.